The lowest BCUT2D eigenvalue weighted by Gasteiger charge is -2.34. The molecule has 1 N–H and O–H groups in total. The van der Waals surface area contributed by atoms with Crippen molar-refractivity contribution >= 4 is 11.6 Å². The van der Waals surface area contributed by atoms with Crippen molar-refractivity contribution in [3.8, 4) is 11.5 Å². The normalized spacial score (nSPS) is 26.4. The van der Waals surface area contributed by atoms with Crippen molar-refractivity contribution in [2.24, 2.45) is 5.92 Å². The average molecular weight is 312 g/mol. The molecule has 0 radical (unpaired) electrons. The Labute approximate surface area is 130 Å². The lowest BCUT2D eigenvalue weighted by molar-refractivity contribution is 0.0320. The Balaban J connectivity index is 1.74. The monoisotopic (exact) mass is 311 g/mol. The Morgan fingerprint density at radius 2 is 2.14 bits per heavy atom. The molecule has 2 aliphatic heterocycles. The summed E-state index contributed by atoms with van der Waals surface area (Å²) in [5.74, 6) is 1.73. The summed E-state index contributed by atoms with van der Waals surface area (Å²) in [7, 11) is 0. The molecule has 5 heteroatoms. The van der Waals surface area contributed by atoms with E-state index in [-0.39, 0.29) is 6.10 Å². The van der Waals surface area contributed by atoms with Gasteiger partial charge in [0.25, 0.3) is 0 Å². The quantitative estimate of drug-likeness (QED) is 0.912. The summed E-state index contributed by atoms with van der Waals surface area (Å²) in [6.45, 7) is 6.06. The lowest BCUT2D eigenvalue weighted by atomic mass is 9.96. The number of nitrogens with zero attached hydrogens (tertiary/aromatic N) is 1. The maximum Gasteiger partial charge on any atom is 0.179 e. The number of aliphatic hydroxyl groups is 1. The summed E-state index contributed by atoms with van der Waals surface area (Å²) in [4.78, 5) is 2.35. The first-order valence-corrected chi connectivity index (χ1v) is 7.99. The molecule has 0 saturated carbocycles. The number of fused-ring (bicyclic) bond motifs is 1. The van der Waals surface area contributed by atoms with Gasteiger partial charge in [0.05, 0.1) is 24.3 Å². The number of likely N-dealkylation sites (tertiary alicyclic amines) is 1. The SMILES string of the molecule is CC1CN(Cc2cc(Cl)c3c(c2)OCCCO3)CCC1O. The molecule has 3 rings (SSSR count). The maximum atomic E-state index is 9.81. The van der Waals surface area contributed by atoms with Crippen LogP contribution in [0.1, 0.15) is 25.3 Å². The third-order valence-electron chi connectivity index (χ3n) is 4.21. The van der Waals surface area contributed by atoms with Crippen LogP contribution in [0.15, 0.2) is 12.1 Å². The molecule has 2 aliphatic rings. The highest BCUT2D eigenvalue weighted by Gasteiger charge is 2.24. The highest BCUT2D eigenvalue weighted by Crippen LogP contribution is 2.38. The fourth-order valence-corrected chi connectivity index (χ4v) is 3.28. The van der Waals surface area contributed by atoms with Gasteiger partial charge in [-0.15, -0.1) is 0 Å². The number of piperidine rings is 1. The van der Waals surface area contributed by atoms with E-state index >= 15 is 0 Å². The molecule has 0 amide bonds. The van der Waals surface area contributed by atoms with Crippen LogP contribution in [0.3, 0.4) is 0 Å². The summed E-state index contributed by atoms with van der Waals surface area (Å²) in [6.07, 6.45) is 1.54. The Morgan fingerprint density at radius 1 is 1.33 bits per heavy atom. The molecule has 2 heterocycles. The van der Waals surface area contributed by atoms with Crippen LogP contribution in [0.5, 0.6) is 11.5 Å². The first-order chi connectivity index (χ1) is 10.1. The number of hydrogen-bond acceptors (Lipinski definition) is 4. The van der Waals surface area contributed by atoms with Crippen LogP contribution in [-0.4, -0.2) is 42.4 Å². The van der Waals surface area contributed by atoms with Crippen molar-refractivity contribution in [2.75, 3.05) is 26.3 Å². The number of hydrogen-bond donors (Lipinski definition) is 1. The molecular weight excluding hydrogens is 290 g/mol. The first-order valence-electron chi connectivity index (χ1n) is 7.62. The van der Waals surface area contributed by atoms with E-state index < -0.39 is 0 Å². The zero-order chi connectivity index (χ0) is 14.8. The van der Waals surface area contributed by atoms with Crippen molar-refractivity contribution in [2.45, 2.75) is 32.4 Å². The summed E-state index contributed by atoms with van der Waals surface area (Å²) < 4.78 is 11.4. The minimum atomic E-state index is -0.173. The van der Waals surface area contributed by atoms with E-state index in [2.05, 4.69) is 11.8 Å². The zero-order valence-corrected chi connectivity index (χ0v) is 13.1. The molecule has 0 spiro atoms. The molecule has 21 heavy (non-hydrogen) atoms. The Hall–Kier alpha value is -0.970. The predicted molar refractivity (Wildman–Crippen MR) is 82.1 cm³/mol. The van der Waals surface area contributed by atoms with E-state index in [1.165, 1.54) is 0 Å². The minimum Gasteiger partial charge on any atom is -0.489 e. The minimum absolute atomic E-state index is 0.173. The van der Waals surface area contributed by atoms with E-state index in [4.69, 9.17) is 21.1 Å². The van der Waals surface area contributed by atoms with Gasteiger partial charge in [-0.3, -0.25) is 4.90 Å². The van der Waals surface area contributed by atoms with E-state index in [0.29, 0.717) is 29.9 Å². The molecule has 2 unspecified atom stereocenters. The number of benzene rings is 1. The van der Waals surface area contributed by atoms with Crippen molar-refractivity contribution < 1.29 is 14.6 Å². The van der Waals surface area contributed by atoms with Crippen molar-refractivity contribution in [3.05, 3.63) is 22.7 Å². The van der Waals surface area contributed by atoms with E-state index in [1.807, 2.05) is 12.1 Å². The van der Waals surface area contributed by atoms with Crippen molar-refractivity contribution in [1.29, 1.82) is 0 Å². The number of halogens is 1. The van der Waals surface area contributed by atoms with Gasteiger partial charge in [-0.1, -0.05) is 18.5 Å². The van der Waals surface area contributed by atoms with Gasteiger partial charge in [-0.2, -0.15) is 0 Å². The lowest BCUT2D eigenvalue weighted by Crippen LogP contribution is -2.41. The topological polar surface area (TPSA) is 41.9 Å². The van der Waals surface area contributed by atoms with Crippen LogP contribution in [-0.2, 0) is 6.54 Å². The molecule has 1 aromatic carbocycles. The molecule has 116 valence electrons. The standard InChI is InChI=1S/C16H22ClNO3/c1-11-9-18(4-3-14(11)19)10-12-7-13(17)16-15(8-12)20-5-2-6-21-16/h7-8,11,14,19H,2-6,9-10H2,1H3. The van der Waals surface area contributed by atoms with Crippen LogP contribution < -0.4 is 9.47 Å². The number of rotatable bonds is 2. The maximum absolute atomic E-state index is 9.81. The highest BCUT2D eigenvalue weighted by molar-refractivity contribution is 6.32. The van der Waals surface area contributed by atoms with Crippen LogP contribution in [0.4, 0.5) is 0 Å². The molecule has 1 saturated heterocycles. The van der Waals surface area contributed by atoms with Gasteiger partial charge >= 0.3 is 0 Å². The molecule has 1 aromatic rings. The summed E-state index contributed by atoms with van der Waals surface area (Å²) in [5, 5.41) is 10.4. The summed E-state index contributed by atoms with van der Waals surface area (Å²) in [5.41, 5.74) is 1.13. The number of aliphatic hydroxyl groups excluding tert-OH is 1. The van der Waals surface area contributed by atoms with Gasteiger partial charge in [-0.05, 0) is 30.0 Å². The van der Waals surface area contributed by atoms with Gasteiger partial charge in [0.15, 0.2) is 11.5 Å². The van der Waals surface area contributed by atoms with E-state index in [9.17, 15) is 5.11 Å². The second-order valence-corrected chi connectivity index (χ2v) is 6.43. The second-order valence-electron chi connectivity index (χ2n) is 6.02. The van der Waals surface area contributed by atoms with Crippen LogP contribution in [0.25, 0.3) is 0 Å². The molecule has 0 bridgehead atoms. The molecule has 2 atom stereocenters. The molecule has 4 nitrogen and oxygen atoms in total. The molecule has 0 aromatic heterocycles. The van der Waals surface area contributed by atoms with Gasteiger partial charge in [0.1, 0.15) is 0 Å². The molecule has 1 fully saturated rings. The third kappa shape index (κ3) is 3.44. The molecular formula is C16H22ClNO3. The van der Waals surface area contributed by atoms with Crippen molar-refractivity contribution in [3.63, 3.8) is 0 Å². The van der Waals surface area contributed by atoms with Gasteiger partial charge in [0, 0.05) is 26.1 Å². The van der Waals surface area contributed by atoms with E-state index in [0.717, 1.165) is 43.8 Å². The smallest absolute Gasteiger partial charge is 0.179 e. The van der Waals surface area contributed by atoms with Gasteiger partial charge in [-0.25, -0.2) is 0 Å². The Bertz CT molecular complexity index is 509. The van der Waals surface area contributed by atoms with E-state index in [1.54, 1.807) is 0 Å². The fourth-order valence-electron chi connectivity index (χ4n) is 3.00. The summed E-state index contributed by atoms with van der Waals surface area (Å²) in [6, 6.07) is 3.99. The van der Waals surface area contributed by atoms with Gasteiger partial charge < -0.3 is 14.6 Å². The Morgan fingerprint density at radius 3 is 2.95 bits per heavy atom. The first kappa shape index (κ1) is 14.9. The highest BCUT2D eigenvalue weighted by atomic mass is 35.5. The Kier molecular flexibility index (Phi) is 4.57. The van der Waals surface area contributed by atoms with Gasteiger partial charge in [0.2, 0.25) is 0 Å². The fraction of sp³-hybridized carbons (Fsp3) is 0.625. The van der Waals surface area contributed by atoms with Crippen molar-refractivity contribution in [1.82, 2.24) is 4.90 Å². The van der Waals surface area contributed by atoms with Crippen LogP contribution >= 0.6 is 11.6 Å². The third-order valence-corrected chi connectivity index (χ3v) is 4.49. The average Bonchev–Trinajstić information content (AvgIpc) is 2.69. The van der Waals surface area contributed by atoms with Crippen LogP contribution in [0, 0.1) is 5.92 Å². The summed E-state index contributed by atoms with van der Waals surface area (Å²) >= 11 is 6.33. The van der Waals surface area contributed by atoms with Crippen LogP contribution in [0.2, 0.25) is 5.02 Å². The zero-order valence-electron chi connectivity index (χ0n) is 12.3. The number of ether oxygens (including phenoxy) is 2. The molecule has 0 aliphatic carbocycles. The predicted octanol–water partition coefficient (Wildman–Crippen LogP) is 2.70. The largest absolute Gasteiger partial charge is 0.489 e. The second kappa shape index (κ2) is 6.42.